The third kappa shape index (κ3) is 2.52. The van der Waals surface area contributed by atoms with Gasteiger partial charge in [0.05, 0.1) is 20.6 Å². The van der Waals surface area contributed by atoms with Crippen LogP contribution in [-0.4, -0.2) is 25.3 Å². The van der Waals surface area contributed by atoms with Crippen molar-refractivity contribution in [3.8, 4) is 11.5 Å². The summed E-state index contributed by atoms with van der Waals surface area (Å²) < 4.78 is 10.1. The summed E-state index contributed by atoms with van der Waals surface area (Å²) in [5, 5.41) is 8.65. The summed E-state index contributed by atoms with van der Waals surface area (Å²) in [6.45, 7) is 0. The number of rotatable bonds is 4. The molecule has 0 unspecified atom stereocenters. The Hall–Kier alpha value is -1.91. The molecule has 1 rings (SSSR count). The summed E-state index contributed by atoms with van der Waals surface area (Å²) in [5.74, 6) is 0.0287. The Morgan fingerprint density at radius 2 is 1.87 bits per heavy atom. The number of hydrogen-bond acceptors (Lipinski definition) is 4. The minimum Gasteiger partial charge on any atom is -0.493 e. The third-order valence-corrected chi connectivity index (χ3v) is 1.99. The van der Waals surface area contributed by atoms with Crippen molar-refractivity contribution in [2.75, 3.05) is 20.0 Å². The monoisotopic (exact) mass is 211 g/mol. The Morgan fingerprint density at radius 1 is 1.33 bits per heavy atom. The van der Waals surface area contributed by atoms with Crippen LogP contribution in [0.1, 0.15) is 5.56 Å². The van der Waals surface area contributed by atoms with Gasteiger partial charge < -0.3 is 20.3 Å². The van der Waals surface area contributed by atoms with E-state index in [0.717, 1.165) is 0 Å². The normalized spacial score (nSPS) is 9.73. The minimum absolute atomic E-state index is 0.133. The van der Waals surface area contributed by atoms with Gasteiger partial charge in [0.25, 0.3) is 0 Å². The van der Waals surface area contributed by atoms with Gasteiger partial charge in [-0.25, -0.2) is 0 Å². The van der Waals surface area contributed by atoms with Crippen molar-refractivity contribution in [2.45, 2.75) is 6.42 Å². The van der Waals surface area contributed by atoms with Crippen molar-refractivity contribution in [3.63, 3.8) is 0 Å². The van der Waals surface area contributed by atoms with Crippen molar-refractivity contribution in [3.05, 3.63) is 17.7 Å². The average Bonchev–Trinajstić information content (AvgIpc) is 2.19. The highest BCUT2D eigenvalue weighted by Gasteiger charge is 2.11. The van der Waals surface area contributed by atoms with E-state index in [4.69, 9.17) is 20.3 Å². The number of methoxy groups -OCH3 is 2. The molecule has 0 aromatic heterocycles. The summed E-state index contributed by atoms with van der Waals surface area (Å²) in [5.41, 5.74) is 6.57. The van der Waals surface area contributed by atoms with Crippen molar-refractivity contribution in [2.24, 2.45) is 0 Å². The van der Waals surface area contributed by atoms with Gasteiger partial charge in [-0.15, -0.1) is 0 Å². The van der Waals surface area contributed by atoms with Gasteiger partial charge in [0.1, 0.15) is 0 Å². The number of nitrogens with two attached hydrogens (primary N) is 1. The molecule has 5 heteroatoms. The number of aliphatic carboxylic acids is 1. The van der Waals surface area contributed by atoms with Gasteiger partial charge in [-0.3, -0.25) is 4.79 Å². The Bertz CT molecular complexity index is 376. The standard InChI is InChI=1S/C10H13NO4/c1-14-8-3-6(4-10(12)13)7(11)5-9(8)15-2/h3,5H,4,11H2,1-2H3,(H,12,13). The highest BCUT2D eigenvalue weighted by Crippen LogP contribution is 2.31. The molecular weight excluding hydrogens is 198 g/mol. The van der Waals surface area contributed by atoms with Crippen LogP contribution in [0.2, 0.25) is 0 Å². The summed E-state index contributed by atoms with van der Waals surface area (Å²) >= 11 is 0. The van der Waals surface area contributed by atoms with Crippen molar-refractivity contribution in [1.29, 1.82) is 0 Å². The molecule has 0 heterocycles. The zero-order chi connectivity index (χ0) is 11.4. The van der Waals surface area contributed by atoms with Gasteiger partial charge in [-0.1, -0.05) is 0 Å². The van der Waals surface area contributed by atoms with E-state index in [0.29, 0.717) is 22.7 Å². The van der Waals surface area contributed by atoms with E-state index in [1.165, 1.54) is 14.2 Å². The number of nitrogen functional groups attached to an aromatic ring is 1. The van der Waals surface area contributed by atoms with Crippen molar-refractivity contribution >= 4 is 11.7 Å². The van der Waals surface area contributed by atoms with Gasteiger partial charge in [0, 0.05) is 11.8 Å². The predicted molar refractivity (Wildman–Crippen MR) is 55.3 cm³/mol. The smallest absolute Gasteiger partial charge is 0.307 e. The molecular formula is C10H13NO4. The quantitative estimate of drug-likeness (QED) is 0.723. The van der Waals surface area contributed by atoms with Gasteiger partial charge >= 0.3 is 5.97 Å². The maximum atomic E-state index is 10.5. The fourth-order valence-electron chi connectivity index (χ4n) is 1.25. The fraction of sp³-hybridized carbons (Fsp3) is 0.300. The molecule has 0 aliphatic heterocycles. The number of anilines is 1. The van der Waals surface area contributed by atoms with Gasteiger partial charge in [-0.05, 0) is 11.6 Å². The van der Waals surface area contributed by atoms with E-state index in [1.54, 1.807) is 12.1 Å². The maximum absolute atomic E-state index is 10.5. The van der Waals surface area contributed by atoms with E-state index >= 15 is 0 Å². The second-order valence-electron chi connectivity index (χ2n) is 2.98. The molecule has 82 valence electrons. The molecule has 5 nitrogen and oxygen atoms in total. The van der Waals surface area contributed by atoms with Crippen LogP contribution in [0, 0.1) is 0 Å². The Morgan fingerprint density at radius 3 is 2.33 bits per heavy atom. The van der Waals surface area contributed by atoms with E-state index in [2.05, 4.69) is 0 Å². The summed E-state index contributed by atoms with van der Waals surface area (Å²) in [6, 6.07) is 3.12. The van der Waals surface area contributed by atoms with E-state index in [-0.39, 0.29) is 6.42 Å². The molecule has 0 aliphatic rings. The highest BCUT2D eigenvalue weighted by atomic mass is 16.5. The lowest BCUT2D eigenvalue weighted by Gasteiger charge is -2.11. The number of ether oxygens (including phenoxy) is 2. The van der Waals surface area contributed by atoms with Crippen LogP contribution in [0.25, 0.3) is 0 Å². The number of benzene rings is 1. The van der Waals surface area contributed by atoms with Crippen LogP contribution in [0.5, 0.6) is 11.5 Å². The van der Waals surface area contributed by atoms with E-state index in [1.807, 2.05) is 0 Å². The van der Waals surface area contributed by atoms with Crippen LogP contribution in [0.3, 0.4) is 0 Å². The molecule has 0 saturated carbocycles. The van der Waals surface area contributed by atoms with Gasteiger partial charge in [-0.2, -0.15) is 0 Å². The molecule has 0 amide bonds. The first-order valence-corrected chi connectivity index (χ1v) is 4.30. The second kappa shape index (κ2) is 4.54. The summed E-state index contributed by atoms with van der Waals surface area (Å²) in [7, 11) is 2.98. The molecule has 3 N–H and O–H groups in total. The first kappa shape index (κ1) is 11.2. The number of hydrogen-bond donors (Lipinski definition) is 2. The molecule has 0 saturated heterocycles. The Balaban J connectivity index is 3.13. The largest absolute Gasteiger partial charge is 0.493 e. The molecule has 0 aliphatic carbocycles. The maximum Gasteiger partial charge on any atom is 0.307 e. The first-order chi connectivity index (χ1) is 7.08. The first-order valence-electron chi connectivity index (χ1n) is 4.30. The van der Waals surface area contributed by atoms with E-state index < -0.39 is 5.97 Å². The van der Waals surface area contributed by atoms with Gasteiger partial charge in [0.2, 0.25) is 0 Å². The summed E-state index contributed by atoms with van der Waals surface area (Å²) in [4.78, 5) is 10.5. The predicted octanol–water partition coefficient (Wildman–Crippen LogP) is 0.913. The molecule has 0 fully saturated rings. The lowest BCUT2D eigenvalue weighted by atomic mass is 10.1. The molecule has 0 bridgehead atoms. The Kier molecular flexibility index (Phi) is 3.38. The molecule has 0 atom stereocenters. The van der Waals surface area contributed by atoms with Crippen molar-refractivity contribution < 1.29 is 19.4 Å². The molecule has 1 aromatic rings. The zero-order valence-electron chi connectivity index (χ0n) is 8.61. The highest BCUT2D eigenvalue weighted by molar-refractivity contribution is 5.74. The zero-order valence-corrected chi connectivity index (χ0v) is 8.61. The Labute approximate surface area is 87.4 Å². The number of carbonyl (C=O) groups is 1. The second-order valence-corrected chi connectivity index (χ2v) is 2.98. The molecule has 1 aromatic carbocycles. The van der Waals surface area contributed by atoms with Gasteiger partial charge in [0.15, 0.2) is 11.5 Å². The van der Waals surface area contributed by atoms with Crippen LogP contribution < -0.4 is 15.2 Å². The molecule has 0 radical (unpaired) electrons. The summed E-state index contributed by atoms with van der Waals surface area (Å²) in [6.07, 6.45) is -0.133. The van der Waals surface area contributed by atoms with Crippen molar-refractivity contribution in [1.82, 2.24) is 0 Å². The topological polar surface area (TPSA) is 81.8 Å². The van der Waals surface area contributed by atoms with E-state index in [9.17, 15) is 4.79 Å². The third-order valence-electron chi connectivity index (χ3n) is 1.99. The van der Waals surface area contributed by atoms with Crippen LogP contribution in [-0.2, 0) is 11.2 Å². The average molecular weight is 211 g/mol. The lowest BCUT2D eigenvalue weighted by molar-refractivity contribution is -0.136. The number of carboxylic acids is 1. The molecule has 0 spiro atoms. The molecule has 15 heavy (non-hydrogen) atoms. The lowest BCUT2D eigenvalue weighted by Crippen LogP contribution is -2.04. The fourth-order valence-corrected chi connectivity index (χ4v) is 1.25. The van der Waals surface area contributed by atoms with Crippen LogP contribution in [0.4, 0.5) is 5.69 Å². The number of carboxylic acid groups (broad SMARTS) is 1. The van der Waals surface area contributed by atoms with Crippen LogP contribution in [0.15, 0.2) is 12.1 Å². The SMILES string of the molecule is COc1cc(N)c(CC(=O)O)cc1OC. The minimum atomic E-state index is -0.936. The van der Waals surface area contributed by atoms with Crippen LogP contribution >= 0.6 is 0 Å².